The predicted octanol–water partition coefficient (Wildman–Crippen LogP) is 6.97. The van der Waals surface area contributed by atoms with Crippen molar-refractivity contribution < 1.29 is 13.5 Å². The zero-order valence-corrected chi connectivity index (χ0v) is 17.2. The third kappa shape index (κ3) is 4.72. The summed E-state index contributed by atoms with van der Waals surface area (Å²) in [6, 6.07) is 8.44. The molecule has 2 aliphatic rings. The molecule has 0 aliphatic heterocycles. The summed E-state index contributed by atoms with van der Waals surface area (Å²) in [4.78, 5) is 0. The molecule has 27 heavy (non-hydrogen) atoms. The molecular formula is C24H36F2O. The number of alkyl halides is 2. The van der Waals surface area contributed by atoms with E-state index in [1.807, 2.05) is 13.8 Å². The Labute approximate surface area is 163 Å². The number of benzene rings is 1. The van der Waals surface area contributed by atoms with E-state index < -0.39 is 18.4 Å². The van der Waals surface area contributed by atoms with Crippen LogP contribution in [0.1, 0.15) is 88.7 Å². The van der Waals surface area contributed by atoms with Crippen LogP contribution in [0.15, 0.2) is 24.3 Å². The highest BCUT2D eigenvalue weighted by Gasteiger charge is 2.45. The van der Waals surface area contributed by atoms with Crippen LogP contribution < -0.4 is 0 Å². The maximum Gasteiger partial charge on any atom is 0.158 e. The summed E-state index contributed by atoms with van der Waals surface area (Å²) in [6.45, 7) is 6.57. The summed E-state index contributed by atoms with van der Waals surface area (Å²) in [5, 5.41) is 0. The minimum absolute atomic E-state index is 0.0823. The Morgan fingerprint density at radius 2 is 1.56 bits per heavy atom. The van der Waals surface area contributed by atoms with Crippen molar-refractivity contribution in [3.63, 3.8) is 0 Å². The molecule has 2 aliphatic carbocycles. The van der Waals surface area contributed by atoms with Gasteiger partial charge in [-0.1, -0.05) is 51.0 Å². The van der Waals surface area contributed by atoms with Gasteiger partial charge in [0.2, 0.25) is 0 Å². The van der Waals surface area contributed by atoms with Crippen LogP contribution in [0.5, 0.6) is 0 Å². The molecule has 1 aromatic carbocycles. The first kappa shape index (κ1) is 20.8. The lowest BCUT2D eigenvalue weighted by Crippen LogP contribution is -2.45. The van der Waals surface area contributed by atoms with E-state index in [0.29, 0.717) is 18.9 Å². The molecular weight excluding hydrogens is 342 g/mol. The lowest BCUT2D eigenvalue weighted by molar-refractivity contribution is -0.0737. The molecule has 3 rings (SSSR count). The van der Waals surface area contributed by atoms with E-state index in [-0.39, 0.29) is 11.8 Å². The molecule has 5 atom stereocenters. The molecule has 0 aromatic heterocycles. The first-order valence-electron chi connectivity index (χ1n) is 11.0. The van der Waals surface area contributed by atoms with E-state index in [1.165, 1.54) is 44.1 Å². The molecule has 3 heteroatoms. The lowest BCUT2D eigenvalue weighted by Gasteiger charge is -2.39. The quantitative estimate of drug-likeness (QED) is 0.519. The van der Waals surface area contributed by atoms with Crippen molar-refractivity contribution in [3.05, 3.63) is 35.4 Å². The van der Waals surface area contributed by atoms with Crippen LogP contribution in [0.3, 0.4) is 0 Å². The second-order valence-electron chi connectivity index (χ2n) is 8.79. The zero-order chi connectivity index (χ0) is 19.4. The molecule has 152 valence electrons. The first-order valence-corrected chi connectivity index (χ1v) is 11.0. The van der Waals surface area contributed by atoms with E-state index in [0.717, 1.165) is 11.5 Å². The average molecular weight is 379 g/mol. The van der Waals surface area contributed by atoms with Gasteiger partial charge in [-0.15, -0.1) is 0 Å². The van der Waals surface area contributed by atoms with Gasteiger partial charge in [0, 0.05) is 12.5 Å². The Kier molecular flexibility index (Phi) is 7.30. The molecule has 1 aromatic rings. The van der Waals surface area contributed by atoms with Crippen LogP contribution in [0.25, 0.3) is 0 Å². The van der Waals surface area contributed by atoms with Gasteiger partial charge in [-0.3, -0.25) is 0 Å². The van der Waals surface area contributed by atoms with Gasteiger partial charge >= 0.3 is 0 Å². The zero-order valence-electron chi connectivity index (χ0n) is 17.2. The topological polar surface area (TPSA) is 9.23 Å². The molecule has 0 saturated heterocycles. The highest BCUT2D eigenvalue weighted by atomic mass is 19.2. The molecule has 1 nitrogen and oxygen atoms in total. The van der Waals surface area contributed by atoms with Crippen LogP contribution in [0.2, 0.25) is 0 Å². The minimum Gasteiger partial charge on any atom is -0.375 e. The fourth-order valence-electron chi connectivity index (χ4n) is 5.43. The van der Waals surface area contributed by atoms with Gasteiger partial charge in [-0.2, -0.15) is 0 Å². The van der Waals surface area contributed by atoms with E-state index in [4.69, 9.17) is 4.74 Å². The van der Waals surface area contributed by atoms with Crippen molar-refractivity contribution in [1.82, 2.24) is 0 Å². The molecule has 0 radical (unpaired) electrons. The second kappa shape index (κ2) is 9.49. The summed E-state index contributed by atoms with van der Waals surface area (Å²) in [5.41, 5.74) is 2.31. The third-order valence-corrected chi connectivity index (χ3v) is 6.94. The monoisotopic (exact) mass is 378 g/mol. The van der Waals surface area contributed by atoms with E-state index in [1.54, 1.807) is 0 Å². The smallest absolute Gasteiger partial charge is 0.158 e. The minimum atomic E-state index is -1.53. The normalized spacial score (nSPS) is 37.3. The number of rotatable bonds is 6. The molecule has 2 fully saturated rings. The van der Waals surface area contributed by atoms with E-state index in [2.05, 4.69) is 31.2 Å². The SMILES string of the molecule is CCCC1CCC(c2ccc(C3C(C)CC(OCC)C(F)C3F)cc2)CC1. The lowest BCUT2D eigenvalue weighted by atomic mass is 9.72. The fourth-order valence-corrected chi connectivity index (χ4v) is 5.43. The molecule has 0 spiro atoms. The summed E-state index contributed by atoms with van der Waals surface area (Å²) < 4.78 is 34.8. The van der Waals surface area contributed by atoms with Crippen molar-refractivity contribution in [3.8, 4) is 0 Å². The van der Waals surface area contributed by atoms with Crippen molar-refractivity contribution in [2.45, 2.75) is 96.0 Å². The second-order valence-corrected chi connectivity index (χ2v) is 8.79. The highest BCUT2D eigenvalue weighted by molar-refractivity contribution is 5.30. The Bertz CT molecular complexity index is 564. The van der Waals surface area contributed by atoms with Gasteiger partial charge in [0.1, 0.15) is 6.17 Å². The molecule has 5 unspecified atom stereocenters. The molecule has 2 saturated carbocycles. The largest absolute Gasteiger partial charge is 0.375 e. The van der Waals surface area contributed by atoms with Crippen molar-refractivity contribution in [1.29, 1.82) is 0 Å². The summed E-state index contributed by atoms with van der Waals surface area (Å²) in [6.07, 6.45) is 4.79. The third-order valence-electron chi connectivity index (χ3n) is 6.94. The van der Waals surface area contributed by atoms with E-state index in [9.17, 15) is 8.78 Å². The first-order chi connectivity index (χ1) is 13.0. The van der Waals surface area contributed by atoms with Gasteiger partial charge in [0.15, 0.2) is 6.17 Å². The van der Waals surface area contributed by atoms with Gasteiger partial charge < -0.3 is 4.74 Å². The van der Waals surface area contributed by atoms with Crippen molar-refractivity contribution in [2.24, 2.45) is 11.8 Å². The van der Waals surface area contributed by atoms with Crippen molar-refractivity contribution >= 4 is 0 Å². The average Bonchev–Trinajstić information content (AvgIpc) is 2.68. The summed E-state index contributed by atoms with van der Waals surface area (Å²) in [7, 11) is 0. The van der Waals surface area contributed by atoms with Crippen LogP contribution in [0.4, 0.5) is 8.78 Å². The van der Waals surface area contributed by atoms with Gasteiger partial charge in [0.25, 0.3) is 0 Å². The predicted molar refractivity (Wildman–Crippen MR) is 108 cm³/mol. The van der Waals surface area contributed by atoms with Crippen LogP contribution in [-0.2, 0) is 4.74 Å². The number of halogens is 2. The van der Waals surface area contributed by atoms with Crippen LogP contribution in [0, 0.1) is 11.8 Å². The highest BCUT2D eigenvalue weighted by Crippen LogP contribution is 2.43. The summed E-state index contributed by atoms with van der Waals surface area (Å²) >= 11 is 0. The molecule has 0 amide bonds. The number of ether oxygens (including phenoxy) is 1. The van der Waals surface area contributed by atoms with Gasteiger partial charge in [-0.25, -0.2) is 8.78 Å². The van der Waals surface area contributed by atoms with Crippen molar-refractivity contribution in [2.75, 3.05) is 6.61 Å². The van der Waals surface area contributed by atoms with Crippen LogP contribution in [-0.4, -0.2) is 25.1 Å². The Balaban J connectivity index is 1.65. The van der Waals surface area contributed by atoms with Crippen LogP contribution >= 0.6 is 0 Å². The number of hydrogen-bond acceptors (Lipinski definition) is 1. The molecule has 0 heterocycles. The Morgan fingerprint density at radius 1 is 0.926 bits per heavy atom. The van der Waals surface area contributed by atoms with Gasteiger partial charge in [-0.05, 0) is 67.9 Å². The summed E-state index contributed by atoms with van der Waals surface area (Å²) in [5.74, 6) is 1.25. The maximum atomic E-state index is 14.9. The molecule has 0 N–H and O–H groups in total. The van der Waals surface area contributed by atoms with Gasteiger partial charge in [0.05, 0.1) is 6.10 Å². The van der Waals surface area contributed by atoms with E-state index >= 15 is 0 Å². The molecule has 0 bridgehead atoms. The standard InChI is InChI=1S/C24H36F2O/c1-4-6-17-7-9-18(10-8-17)19-11-13-20(14-12-19)22-16(3)15-21(27-5-2)23(25)24(22)26/h11-14,16-18,21-24H,4-10,15H2,1-3H3. The Hall–Kier alpha value is -0.960. The Morgan fingerprint density at radius 3 is 2.15 bits per heavy atom. The fraction of sp³-hybridized carbons (Fsp3) is 0.750. The number of hydrogen-bond donors (Lipinski definition) is 0. The maximum absolute atomic E-state index is 14.9.